The van der Waals surface area contributed by atoms with E-state index in [1.165, 1.54) is 0 Å². The highest BCUT2D eigenvalue weighted by Crippen LogP contribution is 2.10. The van der Waals surface area contributed by atoms with Crippen molar-refractivity contribution >= 4 is 29.1 Å². The smallest absolute Gasteiger partial charge is 0.407 e. The van der Waals surface area contributed by atoms with E-state index >= 15 is 0 Å². The second-order valence-electron chi connectivity index (χ2n) is 5.69. The van der Waals surface area contributed by atoms with Gasteiger partial charge in [0.15, 0.2) is 5.65 Å². The van der Waals surface area contributed by atoms with Crippen LogP contribution in [0.15, 0.2) is 18.3 Å². The summed E-state index contributed by atoms with van der Waals surface area (Å²) >= 11 is 0. The molecule has 0 aliphatic heterocycles. The van der Waals surface area contributed by atoms with Gasteiger partial charge in [-0.3, -0.25) is 10.1 Å². The van der Waals surface area contributed by atoms with Gasteiger partial charge in [-0.05, 0) is 32.9 Å². The van der Waals surface area contributed by atoms with Crippen LogP contribution < -0.4 is 10.6 Å². The number of ether oxygens (including phenoxy) is 1. The van der Waals surface area contributed by atoms with E-state index in [9.17, 15) is 9.59 Å². The summed E-state index contributed by atoms with van der Waals surface area (Å²) in [5.41, 5.74) is 0.711. The fraction of sp³-hybridized carbons (Fsp3) is 0.429. The third-order valence-corrected chi connectivity index (χ3v) is 2.54. The summed E-state index contributed by atoms with van der Waals surface area (Å²) in [7, 11) is 0. The number of aromatic amines is 1. The number of hydrogen-bond acceptors (Lipinski definition) is 5. The van der Waals surface area contributed by atoms with E-state index in [0.29, 0.717) is 11.6 Å². The van der Waals surface area contributed by atoms with Crippen molar-refractivity contribution in [2.75, 3.05) is 11.9 Å². The number of hydrogen-bond donors (Lipinski definition) is 3. The fourth-order valence-electron chi connectivity index (χ4n) is 1.69. The Labute approximate surface area is 127 Å². The molecule has 0 unspecified atom stereocenters. The molecule has 2 aromatic heterocycles. The van der Waals surface area contributed by atoms with Crippen molar-refractivity contribution in [1.29, 1.82) is 0 Å². The quantitative estimate of drug-likeness (QED) is 0.798. The first kappa shape index (κ1) is 15.7. The van der Waals surface area contributed by atoms with Crippen molar-refractivity contribution in [3.63, 3.8) is 0 Å². The number of carbonyl (C=O) groups excluding carboxylic acids is 2. The van der Waals surface area contributed by atoms with Crippen molar-refractivity contribution in [2.45, 2.75) is 32.8 Å². The number of carbonyl (C=O) groups is 2. The largest absolute Gasteiger partial charge is 0.444 e. The molecule has 0 saturated carbocycles. The maximum Gasteiger partial charge on any atom is 0.407 e. The molecule has 22 heavy (non-hydrogen) atoms. The Hall–Kier alpha value is -2.64. The summed E-state index contributed by atoms with van der Waals surface area (Å²) in [5.74, 6) is 0.0612. The highest BCUT2D eigenvalue weighted by atomic mass is 16.6. The van der Waals surface area contributed by atoms with Gasteiger partial charge in [0.1, 0.15) is 5.60 Å². The SMILES string of the molecule is CC(C)(C)OC(=O)NCCC(=O)Nc1nc2ncccc2[nH]1. The Morgan fingerprint density at radius 1 is 1.36 bits per heavy atom. The van der Waals surface area contributed by atoms with Gasteiger partial charge in [-0.25, -0.2) is 9.78 Å². The molecule has 0 bridgehead atoms. The summed E-state index contributed by atoms with van der Waals surface area (Å²) in [6.45, 7) is 5.50. The number of alkyl carbamates (subject to hydrolysis) is 1. The van der Waals surface area contributed by atoms with E-state index in [1.807, 2.05) is 6.07 Å². The number of anilines is 1. The molecule has 2 rings (SSSR count). The average molecular weight is 305 g/mol. The Balaban J connectivity index is 1.77. The summed E-state index contributed by atoms with van der Waals surface area (Å²) in [6, 6.07) is 3.59. The zero-order chi connectivity index (χ0) is 16.2. The lowest BCUT2D eigenvalue weighted by atomic mass is 10.2. The van der Waals surface area contributed by atoms with Gasteiger partial charge >= 0.3 is 6.09 Å². The minimum Gasteiger partial charge on any atom is -0.444 e. The Bertz CT molecular complexity index is 641. The number of imidazole rings is 1. The first-order valence-corrected chi connectivity index (χ1v) is 6.91. The predicted molar refractivity (Wildman–Crippen MR) is 81.4 cm³/mol. The average Bonchev–Trinajstić information content (AvgIpc) is 2.78. The maximum absolute atomic E-state index is 11.8. The van der Waals surface area contributed by atoms with Crippen molar-refractivity contribution in [3.8, 4) is 0 Å². The molecule has 0 aromatic carbocycles. The van der Waals surface area contributed by atoms with Crippen LogP contribution in [0.5, 0.6) is 0 Å². The molecule has 8 nitrogen and oxygen atoms in total. The van der Waals surface area contributed by atoms with Crippen LogP contribution in [0.3, 0.4) is 0 Å². The summed E-state index contributed by atoms with van der Waals surface area (Å²) in [4.78, 5) is 34.3. The lowest BCUT2D eigenvalue weighted by Gasteiger charge is -2.19. The molecule has 0 radical (unpaired) electrons. The second-order valence-corrected chi connectivity index (χ2v) is 5.69. The van der Waals surface area contributed by atoms with Crippen LogP contribution >= 0.6 is 0 Å². The molecule has 2 heterocycles. The van der Waals surface area contributed by atoms with E-state index in [0.717, 1.165) is 5.52 Å². The van der Waals surface area contributed by atoms with Crippen molar-refractivity contribution in [1.82, 2.24) is 20.3 Å². The first-order chi connectivity index (χ1) is 10.3. The molecule has 0 aliphatic carbocycles. The monoisotopic (exact) mass is 305 g/mol. The molecule has 0 fully saturated rings. The number of pyridine rings is 1. The third kappa shape index (κ3) is 4.72. The normalized spacial score (nSPS) is 11.2. The van der Waals surface area contributed by atoms with Crippen molar-refractivity contribution in [2.24, 2.45) is 0 Å². The van der Waals surface area contributed by atoms with E-state index in [2.05, 4.69) is 25.6 Å². The van der Waals surface area contributed by atoms with E-state index in [4.69, 9.17) is 4.74 Å². The number of amides is 2. The number of nitrogens with one attached hydrogen (secondary N) is 3. The summed E-state index contributed by atoms with van der Waals surface area (Å²) < 4.78 is 5.07. The number of nitrogens with zero attached hydrogens (tertiary/aromatic N) is 2. The molecule has 2 amide bonds. The van der Waals surface area contributed by atoms with Crippen LogP contribution in [0.1, 0.15) is 27.2 Å². The Kier molecular flexibility index (Phi) is 4.59. The molecular weight excluding hydrogens is 286 g/mol. The van der Waals surface area contributed by atoms with Gasteiger partial charge < -0.3 is 15.0 Å². The lowest BCUT2D eigenvalue weighted by molar-refractivity contribution is -0.116. The molecule has 0 spiro atoms. The number of fused-ring (bicyclic) bond motifs is 1. The molecule has 0 saturated heterocycles. The third-order valence-electron chi connectivity index (χ3n) is 2.54. The highest BCUT2D eigenvalue weighted by molar-refractivity contribution is 5.90. The zero-order valence-electron chi connectivity index (χ0n) is 12.8. The molecule has 3 N–H and O–H groups in total. The summed E-state index contributed by atoms with van der Waals surface area (Å²) in [5, 5.41) is 5.13. The van der Waals surface area contributed by atoms with E-state index in [1.54, 1.807) is 33.0 Å². The fourth-order valence-corrected chi connectivity index (χ4v) is 1.69. The molecule has 8 heteroatoms. The first-order valence-electron chi connectivity index (χ1n) is 6.91. The highest BCUT2D eigenvalue weighted by Gasteiger charge is 2.16. The van der Waals surface area contributed by atoms with Crippen LogP contribution in [0.2, 0.25) is 0 Å². The van der Waals surface area contributed by atoms with Gasteiger partial charge in [0.25, 0.3) is 0 Å². The topological polar surface area (TPSA) is 109 Å². The minimum absolute atomic E-state index is 0.115. The predicted octanol–water partition coefficient (Wildman–Crippen LogP) is 1.81. The van der Waals surface area contributed by atoms with Gasteiger partial charge in [-0.2, -0.15) is 4.98 Å². The molecule has 0 aliphatic rings. The van der Waals surface area contributed by atoms with Gasteiger partial charge in [0, 0.05) is 19.2 Å². The van der Waals surface area contributed by atoms with Gasteiger partial charge in [-0.15, -0.1) is 0 Å². The maximum atomic E-state index is 11.8. The van der Waals surface area contributed by atoms with E-state index < -0.39 is 11.7 Å². The molecule has 0 atom stereocenters. The number of aromatic nitrogens is 3. The standard InChI is InChI=1S/C14H19N5O3/c1-14(2,3)22-13(21)16-8-6-10(20)18-12-17-9-5-4-7-15-11(9)19-12/h4-5,7H,6,8H2,1-3H3,(H,16,21)(H2,15,17,18,19,20). The molecule has 2 aromatic rings. The van der Waals surface area contributed by atoms with Crippen LogP contribution in [-0.4, -0.2) is 39.1 Å². The second kappa shape index (κ2) is 6.42. The van der Waals surface area contributed by atoms with Crippen LogP contribution in [0.4, 0.5) is 10.7 Å². The number of H-pyrrole nitrogens is 1. The van der Waals surface area contributed by atoms with Gasteiger partial charge in [0.2, 0.25) is 11.9 Å². The van der Waals surface area contributed by atoms with Gasteiger partial charge in [0.05, 0.1) is 5.52 Å². The van der Waals surface area contributed by atoms with E-state index in [-0.39, 0.29) is 18.9 Å². The van der Waals surface area contributed by atoms with Crippen molar-refractivity contribution in [3.05, 3.63) is 18.3 Å². The minimum atomic E-state index is -0.562. The Morgan fingerprint density at radius 3 is 2.82 bits per heavy atom. The molecule has 118 valence electrons. The van der Waals surface area contributed by atoms with Crippen LogP contribution in [0.25, 0.3) is 11.2 Å². The van der Waals surface area contributed by atoms with Crippen LogP contribution in [0, 0.1) is 0 Å². The molecular formula is C14H19N5O3. The van der Waals surface area contributed by atoms with Gasteiger partial charge in [-0.1, -0.05) is 0 Å². The number of rotatable bonds is 4. The summed E-state index contributed by atoms with van der Waals surface area (Å²) in [6.07, 6.45) is 1.19. The Morgan fingerprint density at radius 2 is 2.14 bits per heavy atom. The lowest BCUT2D eigenvalue weighted by Crippen LogP contribution is -2.34. The zero-order valence-corrected chi connectivity index (χ0v) is 12.8. The van der Waals surface area contributed by atoms with Crippen LogP contribution in [-0.2, 0) is 9.53 Å². The van der Waals surface area contributed by atoms with Crippen molar-refractivity contribution < 1.29 is 14.3 Å².